The Kier molecular flexibility index (Phi) is 20.0. The van der Waals surface area contributed by atoms with E-state index in [-0.39, 0.29) is 16.7 Å². The van der Waals surface area contributed by atoms with Gasteiger partial charge >= 0.3 is 0 Å². The molecule has 0 saturated heterocycles. The second kappa shape index (κ2) is 25.3. The van der Waals surface area contributed by atoms with Gasteiger partial charge in [0, 0.05) is 126 Å². The van der Waals surface area contributed by atoms with Crippen molar-refractivity contribution in [2.24, 2.45) is 14.1 Å². The molecule has 1 aliphatic heterocycles. The van der Waals surface area contributed by atoms with Gasteiger partial charge in [-0.2, -0.15) is 0 Å². The molecule has 0 atom stereocenters. The van der Waals surface area contributed by atoms with Crippen molar-refractivity contribution >= 4 is 93.5 Å². The lowest BCUT2D eigenvalue weighted by atomic mass is 10.4. The first kappa shape index (κ1) is 50.5. The van der Waals surface area contributed by atoms with E-state index in [0.717, 1.165) is 80.6 Å². The van der Waals surface area contributed by atoms with E-state index < -0.39 is 0 Å². The maximum absolute atomic E-state index is 11.2. The third-order valence-corrected chi connectivity index (χ3v) is 14.2. The number of thioether (sulfide) groups is 4. The predicted octanol–water partition coefficient (Wildman–Crippen LogP) is 11.6. The summed E-state index contributed by atoms with van der Waals surface area (Å²) >= 11 is 30.0. The summed E-state index contributed by atoms with van der Waals surface area (Å²) in [6.07, 6.45) is 2.11. The summed E-state index contributed by atoms with van der Waals surface area (Å²) in [7, 11) is 7.60. The molecule has 0 unspecified atom stereocenters. The van der Waals surface area contributed by atoms with E-state index in [4.69, 9.17) is 46.4 Å². The fraction of sp³-hybridized carbons (Fsp3) is 0.178. The highest BCUT2D eigenvalue weighted by molar-refractivity contribution is 7.99. The van der Waals surface area contributed by atoms with Gasteiger partial charge in [0.05, 0.1) is 11.4 Å². The number of hydrogen-bond acceptors (Lipinski definition) is 9. The van der Waals surface area contributed by atoms with Gasteiger partial charge in [-0.15, -0.1) is 47.0 Å². The number of benzene rings is 4. The van der Waals surface area contributed by atoms with E-state index in [1.807, 2.05) is 123 Å². The molecule has 4 aromatic carbocycles. The molecule has 0 radical (unpaired) electrons. The molecule has 3 aromatic heterocycles. The summed E-state index contributed by atoms with van der Waals surface area (Å²) < 4.78 is 3.21. The Hall–Kier alpha value is -4.45. The minimum Gasteiger partial charge on any atom is -0.301 e. The van der Waals surface area contributed by atoms with E-state index in [9.17, 15) is 14.4 Å². The normalized spacial score (nSPS) is 11.9. The summed E-state index contributed by atoms with van der Waals surface area (Å²) in [6, 6.07) is 35.6. The van der Waals surface area contributed by atoms with Gasteiger partial charge in [0.15, 0.2) is 0 Å². The summed E-state index contributed by atoms with van der Waals surface area (Å²) in [5.41, 5.74) is 4.91. The van der Waals surface area contributed by atoms with Crippen LogP contribution in [0.4, 0.5) is 0 Å². The Bertz CT molecular complexity index is 2760. The zero-order chi connectivity index (χ0) is 46.2. The van der Waals surface area contributed by atoms with Crippen LogP contribution in [0.25, 0.3) is 0 Å². The molecule has 4 heterocycles. The second-order valence-corrected chi connectivity index (χ2v) is 19.7. The van der Waals surface area contributed by atoms with Crippen LogP contribution in [0.15, 0.2) is 173 Å². The highest BCUT2D eigenvalue weighted by Crippen LogP contribution is 2.29. The van der Waals surface area contributed by atoms with E-state index in [1.165, 1.54) is 15.3 Å². The zero-order valence-electron chi connectivity index (χ0n) is 35.2. The number of aryl methyl sites for hydroxylation is 2. The molecule has 0 fully saturated rings. The molecule has 11 nitrogen and oxygen atoms in total. The number of nitrogens with zero attached hydrogens (tertiary/aromatic N) is 4. The molecule has 0 aliphatic carbocycles. The number of aromatic nitrogens is 6. The van der Waals surface area contributed by atoms with Crippen molar-refractivity contribution in [3.8, 4) is 0 Å². The molecule has 7 aromatic rings. The molecule has 336 valence electrons. The molecule has 0 amide bonds. The molecule has 0 bridgehead atoms. The van der Waals surface area contributed by atoms with Gasteiger partial charge in [-0.1, -0.05) is 53.0 Å². The van der Waals surface area contributed by atoms with Crippen LogP contribution in [0.5, 0.6) is 0 Å². The Morgan fingerprint density at radius 3 is 1.28 bits per heavy atom. The molecule has 4 N–H and O–H groups in total. The van der Waals surface area contributed by atoms with Crippen LogP contribution in [0.3, 0.4) is 0 Å². The Morgan fingerprint density at radius 1 is 0.484 bits per heavy atom. The first-order chi connectivity index (χ1) is 30.6. The van der Waals surface area contributed by atoms with Gasteiger partial charge in [-0.3, -0.25) is 49.1 Å². The van der Waals surface area contributed by atoms with Gasteiger partial charge in [-0.25, -0.2) is 0 Å². The number of H-pyrrole nitrogens is 4. The van der Waals surface area contributed by atoms with Crippen LogP contribution in [-0.4, -0.2) is 59.6 Å². The molecule has 8 rings (SSSR count). The molecule has 0 saturated carbocycles. The number of halogens is 4. The van der Waals surface area contributed by atoms with E-state index in [0.29, 0.717) is 0 Å². The van der Waals surface area contributed by atoms with Gasteiger partial charge in [-0.05, 0) is 103 Å². The second-order valence-electron chi connectivity index (χ2n) is 13.8. The number of hydrogen-bond donors (Lipinski definition) is 4. The Balaban J connectivity index is 0.000000161. The smallest absolute Gasteiger partial charge is 0.266 e. The van der Waals surface area contributed by atoms with E-state index in [2.05, 4.69) is 38.1 Å². The van der Waals surface area contributed by atoms with E-state index in [1.54, 1.807) is 77.0 Å². The molecule has 1 aliphatic rings. The third-order valence-electron chi connectivity index (χ3n) is 9.03. The van der Waals surface area contributed by atoms with Crippen molar-refractivity contribution in [3.05, 3.63) is 208 Å². The lowest BCUT2D eigenvalue weighted by Crippen LogP contribution is -2.29. The summed E-state index contributed by atoms with van der Waals surface area (Å²) in [5.74, 6) is 3.18. The molecular formula is C45H46Cl4N8O3S4. The fourth-order valence-corrected chi connectivity index (χ4v) is 9.33. The maximum atomic E-state index is 11.2. The SMILES string of the molecule is C=C1C=C(CSc2ccc(Cl)cc2)N(C)N1C.Cn1[nH]c(=O)cc1CSc1ccc(Cl)cc1.Cn1[nH]c(CSc2ccc(Cl)cc2)cc1=O.O=c1cc(CSc2ccc(Cl)cc2)[nH][nH]1. The van der Waals surface area contributed by atoms with Gasteiger partial charge in [0.2, 0.25) is 0 Å². The summed E-state index contributed by atoms with van der Waals surface area (Å²) in [5, 5.41) is 18.1. The van der Waals surface area contributed by atoms with Crippen LogP contribution < -0.4 is 16.7 Å². The van der Waals surface area contributed by atoms with Gasteiger partial charge in [0.25, 0.3) is 16.7 Å². The highest BCUT2D eigenvalue weighted by Gasteiger charge is 2.18. The monoisotopic (exact) mass is 1010 g/mol. The topological polar surface area (TPSA) is 131 Å². The van der Waals surface area contributed by atoms with Crippen molar-refractivity contribution in [1.82, 2.24) is 39.8 Å². The maximum Gasteiger partial charge on any atom is 0.266 e. The number of likely N-dealkylation sites (N-methyl/N-ethyl adjacent to an activating group) is 1. The van der Waals surface area contributed by atoms with Crippen LogP contribution in [0, 0.1) is 0 Å². The largest absolute Gasteiger partial charge is 0.301 e. The van der Waals surface area contributed by atoms with Crippen LogP contribution in [0.2, 0.25) is 20.1 Å². The molecule has 0 spiro atoms. The number of aromatic amines is 4. The minimum atomic E-state index is -0.0956. The van der Waals surface area contributed by atoms with Crippen molar-refractivity contribution in [2.45, 2.75) is 36.8 Å². The van der Waals surface area contributed by atoms with Crippen molar-refractivity contribution in [2.75, 3.05) is 19.8 Å². The van der Waals surface area contributed by atoms with Crippen molar-refractivity contribution < 1.29 is 0 Å². The number of allylic oxidation sites excluding steroid dienone is 1. The van der Waals surface area contributed by atoms with Gasteiger partial charge in [0.1, 0.15) is 0 Å². The predicted molar refractivity (Wildman–Crippen MR) is 271 cm³/mol. The number of rotatable bonds is 12. The fourth-order valence-electron chi connectivity index (χ4n) is 5.39. The van der Waals surface area contributed by atoms with E-state index >= 15 is 0 Å². The molecule has 64 heavy (non-hydrogen) atoms. The third kappa shape index (κ3) is 16.8. The minimum absolute atomic E-state index is 0.00768. The van der Waals surface area contributed by atoms with Crippen molar-refractivity contribution in [1.29, 1.82) is 0 Å². The standard InChI is InChI=1S/C13H15ClN2S.2C11H11ClN2OS.C10H9ClN2OS/c1-10-8-12(16(3)15(10)2)9-17-13-6-4-11(14)5-7-13;1-14-9(6-11(15)13-14)7-16-10-4-2-8(12)3-5-10;1-14-11(15)6-9(13-14)7-16-10-4-2-8(12)3-5-10;11-7-1-3-9(4-2-7)15-6-8-5-10(14)13-12-8/h4-8H,1,9H2,2-3H3;2-6H,7H2,1H3,(H,13,15);2-6,13H,7H2,1H3;1-5H,6H2,(H2,12,13,14). The zero-order valence-corrected chi connectivity index (χ0v) is 41.5. The summed E-state index contributed by atoms with van der Waals surface area (Å²) in [6.45, 7) is 3.98. The number of nitrogens with one attached hydrogen (secondary N) is 4. The first-order valence-electron chi connectivity index (χ1n) is 19.3. The Morgan fingerprint density at radius 2 is 0.922 bits per heavy atom. The molecular weight excluding hydrogens is 971 g/mol. The highest BCUT2D eigenvalue weighted by atomic mass is 35.5. The first-order valence-corrected chi connectivity index (χ1v) is 24.7. The summed E-state index contributed by atoms with van der Waals surface area (Å²) in [4.78, 5) is 37.7. The average molecular weight is 1020 g/mol. The van der Waals surface area contributed by atoms with Gasteiger partial charge < -0.3 is 5.10 Å². The quantitative estimate of drug-likeness (QED) is 0.0884. The van der Waals surface area contributed by atoms with Crippen LogP contribution in [0.1, 0.15) is 17.1 Å². The Labute approximate surface area is 408 Å². The lowest BCUT2D eigenvalue weighted by molar-refractivity contribution is 0.135. The average Bonchev–Trinajstić information content (AvgIpc) is 4.02. The van der Waals surface area contributed by atoms with Crippen LogP contribution in [-0.2, 0) is 31.4 Å². The van der Waals surface area contributed by atoms with Crippen LogP contribution >= 0.6 is 93.5 Å². The van der Waals surface area contributed by atoms with Crippen molar-refractivity contribution in [3.63, 3.8) is 0 Å². The molecule has 19 heteroatoms. The lowest BCUT2D eigenvalue weighted by Gasteiger charge is -2.26. The number of hydrazine groups is 1.